The van der Waals surface area contributed by atoms with Crippen molar-refractivity contribution in [1.82, 2.24) is 9.80 Å². The number of piperidine rings is 1. The summed E-state index contributed by atoms with van der Waals surface area (Å²) in [6, 6.07) is 3.33. The van der Waals surface area contributed by atoms with Crippen LogP contribution in [0.1, 0.15) is 74.0 Å². The maximum absolute atomic E-state index is 14.1. The van der Waals surface area contributed by atoms with Crippen LogP contribution in [-0.4, -0.2) is 58.1 Å². The molecule has 2 aliphatic heterocycles. The molecule has 236 valence electrons. The minimum absolute atomic E-state index is 0.0615. The standard InChI is InChI=1S/C31H36F7N3O2/c1-17-11-23(32)7-8-24(17)26-25-16-40(27(42)29(3,4)5)15-19(25)9-10-41(26)28(43)39(6)18(2)20-12-21(30(33,34)35)14-22(13-20)31(36,37)38/h7-8,11-14,18-19,25-26H,9-10,15-16H2,1-6H3/p+1. The molecule has 4 rings (SSSR count). The van der Waals surface area contributed by atoms with Gasteiger partial charge in [-0.3, -0.25) is 0 Å². The van der Waals surface area contributed by atoms with E-state index in [4.69, 9.17) is 0 Å². The fourth-order valence-electron chi connectivity index (χ4n) is 6.28. The Bertz CT molecular complexity index is 1380. The van der Waals surface area contributed by atoms with Gasteiger partial charge >= 0.3 is 24.3 Å². The molecule has 12 heteroatoms. The Kier molecular flexibility index (Phi) is 8.58. The molecule has 5 nitrogen and oxygen atoms in total. The van der Waals surface area contributed by atoms with Crippen molar-refractivity contribution in [3.05, 3.63) is 70.0 Å². The predicted molar refractivity (Wildman–Crippen MR) is 147 cm³/mol. The third-order valence-electron chi connectivity index (χ3n) is 8.72. The lowest BCUT2D eigenvalue weighted by Gasteiger charge is -2.44. The van der Waals surface area contributed by atoms with E-state index in [1.54, 1.807) is 17.9 Å². The number of halogens is 7. The molecule has 0 radical (unpaired) electrons. The second-order valence-electron chi connectivity index (χ2n) is 12.7. The van der Waals surface area contributed by atoms with Gasteiger partial charge in [-0.25, -0.2) is 13.8 Å². The van der Waals surface area contributed by atoms with Gasteiger partial charge in [0.2, 0.25) is 0 Å². The summed E-state index contributed by atoms with van der Waals surface area (Å²) in [4.78, 5) is 16.8. The molecule has 2 aliphatic rings. The molecule has 43 heavy (non-hydrogen) atoms. The lowest BCUT2D eigenvalue weighted by molar-refractivity contribution is -0.523. The zero-order chi connectivity index (χ0) is 32.2. The number of carbonyl (C=O) groups excluding carboxylic acids is 1. The Morgan fingerprint density at radius 1 is 1.00 bits per heavy atom. The maximum Gasteiger partial charge on any atom is 0.416 e. The summed E-state index contributed by atoms with van der Waals surface area (Å²) in [5.74, 6) is -0.317. The second-order valence-corrected chi connectivity index (χ2v) is 12.7. The van der Waals surface area contributed by atoms with E-state index in [0.29, 0.717) is 42.8 Å². The van der Waals surface area contributed by atoms with Crippen molar-refractivity contribution >= 4 is 11.9 Å². The number of urea groups is 1. The molecule has 2 aromatic rings. The van der Waals surface area contributed by atoms with Crippen LogP contribution >= 0.6 is 0 Å². The SMILES string of the molecule is Cc1cc(F)ccc1C1C2C[N+](=C(O)C(C)(C)C)CC2CCN1C(=O)N(C)C(C)c1cc(C(F)(F)F)cc(C(F)(F)F)c1. The highest BCUT2D eigenvalue weighted by Gasteiger charge is 2.51. The van der Waals surface area contributed by atoms with E-state index in [0.717, 1.165) is 4.90 Å². The van der Waals surface area contributed by atoms with Crippen molar-refractivity contribution in [3.63, 3.8) is 0 Å². The number of fused-ring (bicyclic) bond motifs is 1. The van der Waals surface area contributed by atoms with E-state index in [2.05, 4.69) is 0 Å². The van der Waals surface area contributed by atoms with Gasteiger partial charge in [0, 0.05) is 19.5 Å². The lowest BCUT2D eigenvalue weighted by atomic mass is 9.78. The predicted octanol–water partition coefficient (Wildman–Crippen LogP) is 7.99. The van der Waals surface area contributed by atoms with Crippen molar-refractivity contribution in [2.75, 3.05) is 26.7 Å². The van der Waals surface area contributed by atoms with Crippen molar-refractivity contribution in [1.29, 1.82) is 0 Å². The monoisotopic (exact) mass is 616 g/mol. The molecule has 2 saturated heterocycles. The molecule has 2 fully saturated rings. The highest BCUT2D eigenvalue weighted by molar-refractivity contribution is 5.76. The van der Waals surface area contributed by atoms with Gasteiger partial charge < -0.3 is 14.9 Å². The number of alkyl halides is 6. The molecule has 2 aromatic carbocycles. The number of hydrogen-bond donors (Lipinski definition) is 1. The summed E-state index contributed by atoms with van der Waals surface area (Å²) in [5, 5.41) is 10.9. The second kappa shape index (κ2) is 11.3. The summed E-state index contributed by atoms with van der Waals surface area (Å²) >= 11 is 0. The summed E-state index contributed by atoms with van der Waals surface area (Å²) in [5.41, 5.74) is -2.42. The third kappa shape index (κ3) is 6.62. The van der Waals surface area contributed by atoms with Crippen LogP contribution in [0.5, 0.6) is 0 Å². The summed E-state index contributed by atoms with van der Waals surface area (Å²) in [7, 11) is 1.35. The fourth-order valence-corrected chi connectivity index (χ4v) is 6.28. The zero-order valence-electron chi connectivity index (χ0n) is 24.9. The molecular formula is C31H37F7N3O2+. The number of hydrogen-bond acceptors (Lipinski definition) is 1. The summed E-state index contributed by atoms with van der Waals surface area (Å²) in [6.45, 7) is 10.0. The molecule has 2 heterocycles. The van der Waals surface area contributed by atoms with Crippen molar-refractivity contribution in [3.8, 4) is 0 Å². The van der Waals surface area contributed by atoms with Gasteiger partial charge in [-0.15, -0.1) is 0 Å². The first kappa shape index (κ1) is 32.6. The van der Waals surface area contributed by atoms with Crippen molar-refractivity contribution in [2.24, 2.45) is 17.3 Å². The molecular weight excluding hydrogens is 579 g/mol. The minimum atomic E-state index is -5.02. The Balaban J connectivity index is 1.74. The van der Waals surface area contributed by atoms with Crippen molar-refractivity contribution < 1.29 is 45.2 Å². The molecule has 0 aliphatic carbocycles. The van der Waals surface area contributed by atoms with Gasteiger partial charge in [-0.2, -0.15) is 26.3 Å². The van der Waals surface area contributed by atoms with E-state index < -0.39 is 52.8 Å². The van der Waals surface area contributed by atoms with Crippen LogP contribution in [0.25, 0.3) is 0 Å². The van der Waals surface area contributed by atoms with Gasteiger partial charge in [0.05, 0.1) is 34.5 Å². The molecule has 0 aromatic heterocycles. The zero-order valence-corrected chi connectivity index (χ0v) is 24.9. The quantitative estimate of drug-likeness (QED) is 0.216. The van der Waals surface area contributed by atoms with Crippen LogP contribution in [0.3, 0.4) is 0 Å². The number of aliphatic hydroxyl groups excluding tert-OH is 1. The van der Waals surface area contributed by atoms with Crippen LogP contribution in [0.4, 0.5) is 35.5 Å². The Labute approximate surface area is 246 Å². The van der Waals surface area contributed by atoms with Gasteiger partial charge in [-0.05, 0) is 88.1 Å². The number of nitrogens with zero attached hydrogens (tertiary/aromatic N) is 3. The molecule has 1 N–H and O–H groups in total. The number of aryl methyl sites for hydroxylation is 1. The van der Waals surface area contributed by atoms with Crippen LogP contribution < -0.4 is 0 Å². The minimum Gasteiger partial charge on any atom is -0.463 e. The van der Waals surface area contributed by atoms with E-state index in [-0.39, 0.29) is 35.9 Å². The molecule has 4 atom stereocenters. The topological polar surface area (TPSA) is 46.8 Å². The number of benzene rings is 2. The van der Waals surface area contributed by atoms with Gasteiger partial charge in [0.25, 0.3) is 0 Å². The normalized spacial score (nSPS) is 23.2. The Hall–Kier alpha value is -3.31. The number of carbonyl (C=O) groups is 1. The molecule has 2 amide bonds. The van der Waals surface area contributed by atoms with Crippen LogP contribution in [0, 0.1) is 30.0 Å². The summed E-state index contributed by atoms with van der Waals surface area (Å²) in [6.07, 6.45) is -9.46. The first-order valence-corrected chi connectivity index (χ1v) is 14.1. The largest absolute Gasteiger partial charge is 0.463 e. The van der Waals surface area contributed by atoms with Gasteiger partial charge in [-0.1, -0.05) is 6.07 Å². The van der Waals surface area contributed by atoms with E-state index in [9.17, 15) is 40.6 Å². The van der Waals surface area contributed by atoms with Crippen LogP contribution in [-0.2, 0) is 12.4 Å². The number of aliphatic hydroxyl groups is 1. The lowest BCUT2D eigenvalue weighted by Crippen LogP contribution is -2.51. The first-order valence-electron chi connectivity index (χ1n) is 14.1. The highest BCUT2D eigenvalue weighted by atomic mass is 19.4. The maximum atomic E-state index is 14.1. The number of rotatable bonds is 3. The van der Waals surface area contributed by atoms with E-state index in [1.807, 2.05) is 25.3 Å². The molecule has 0 spiro atoms. The average Bonchev–Trinajstić information content (AvgIpc) is 3.33. The van der Waals surface area contributed by atoms with Gasteiger partial charge in [0.15, 0.2) is 6.54 Å². The summed E-state index contributed by atoms with van der Waals surface area (Å²) < 4.78 is 97.2. The van der Waals surface area contributed by atoms with Crippen LogP contribution in [0.15, 0.2) is 36.4 Å². The fraction of sp³-hybridized carbons (Fsp3) is 0.548. The molecule has 4 unspecified atom stereocenters. The number of likely N-dealkylation sites (tertiary alicyclic amines) is 1. The first-order chi connectivity index (χ1) is 19.7. The van der Waals surface area contributed by atoms with Crippen molar-refractivity contribution in [2.45, 2.75) is 65.5 Å². The van der Waals surface area contributed by atoms with Gasteiger partial charge in [0.1, 0.15) is 12.4 Å². The van der Waals surface area contributed by atoms with E-state index >= 15 is 0 Å². The van der Waals surface area contributed by atoms with Crippen LogP contribution in [0.2, 0.25) is 0 Å². The average molecular weight is 617 g/mol. The molecule has 0 bridgehead atoms. The third-order valence-corrected chi connectivity index (χ3v) is 8.72. The van der Waals surface area contributed by atoms with E-state index in [1.165, 1.54) is 26.1 Å². The smallest absolute Gasteiger partial charge is 0.416 e. The Morgan fingerprint density at radius 2 is 1.58 bits per heavy atom. The molecule has 0 saturated carbocycles. The Morgan fingerprint density at radius 3 is 2.09 bits per heavy atom. The highest BCUT2D eigenvalue weighted by Crippen LogP contribution is 2.45. The number of amides is 2.